The molecule has 1 aromatic heterocycles. The molecule has 2 rings (SSSR count). The van der Waals surface area contributed by atoms with Gasteiger partial charge in [-0.3, -0.25) is 4.79 Å². The number of benzene rings is 1. The van der Waals surface area contributed by atoms with Crippen molar-refractivity contribution in [1.82, 2.24) is 15.3 Å². The van der Waals surface area contributed by atoms with Crippen molar-refractivity contribution in [2.24, 2.45) is 0 Å². The monoisotopic (exact) mass is 347 g/mol. The van der Waals surface area contributed by atoms with Crippen LogP contribution in [0.2, 0.25) is 0 Å². The Morgan fingerprint density at radius 3 is 2.58 bits per heavy atom. The van der Waals surface area contributed by atoms with Gasteiger partial charge in [0.15, 0.2) is 0 Å². The van der Waals surface area contributed by atoms with Crippen LogP contribution >= 0.6 is 11.8 Å². The van der Waals surface area contributed by atoms with Crippen LogP contribution in [0.1, 0.15) is 52.8 Å². The molecule has 0 spiro atoms. The van der Waals surface area contributed by atoms with Crippen molar-refractivity contribution >= 4 is 17.7 Å². The summed E-state index contributed by atoms with van der Waals surface area (Å²) in [7, 11) is 0. The summed E-state index contributed by atoms with van der Waals surface area (Å²) >= 11 is 1.43. The third-order valence-electron chi connectivity index (χ3n) is 3.69. The van der Waals surface area contributed by atoms with Gasteiger partial charge in [0, 0.05) is 12.5 Å². The molecule has 0 saturated carbocycles. The van der Waals surface area contributed by atoms with Gasteiger partial charge in [0.2, 0.25) is 0 Å². The number of amides is 1. The number of nitrogens with one attached hydrogen (secondary N) is 1. The summed E-state index contributed by atoms with van der Waals surface area (Å²) in [5.41, 5.74) is 2.59. The number of carbonyl (C=O) groups excluding carboxylic acids is 1. The molecule has 1 amide bonds. The van der Waals surface area contributed by atoms with Gasteiger partial charge in [0.05, 0.1) is 11.3 Å². The maximum Gasteiger partial charge on any atom is 0.256 e. The number of hydrogen-bond donors (Lipinski definition) is 1. The van der Waals surface area contributed by atoms with Gasteiger partial charge in [0.1, 0.15) is 16.7 Å². The zero-order valence-corrected chi connectivity index (χ0v) is 15.4. The van der Waals surface area contributed by atoms with Gasteiger partial charge in [0.25, 0.3) is 5.91 Å². The van der Waals surface area contributed by atoms with E-state index < -0.39 is 0 Å². The van der Waals surface area contributed by atoms with Crippen LogP contribution in [-0.4, -0.2) is 22.1 Å². The van der Waals surface area contributed by atoms with Crippen LogP contribution in [0.3, 0.4) is 0 Å². The van der Waals surface area contributed by atoms with E-state index in [-0.39, 0.29) is 17.6 Å². The molecule has 0 aliphatic heterocycles. The highest BCUT2D eigenvalue weighted by atomic mass is 32.2. The number of hydrogen-bond acceptors (Lipinski definition) is 4. The van der Waals surface area contributed by atoms with E-state index in [2.05, 4.69) is 15.3 Å². The van der Waals surface area contributed by atoms with E-state index in [9.17, 15) is 9.18 Å². The molecule has 6 heteroatoms. The van der Waals surface area contributed by atoms with Gasteiger partial charge in [-0.15, -0.1) is 11.8 Å². The molecule has 0 bridgehead atoms. The number of rotatable bonds is 5. The first kappa shape index (κ1) is 18.4. The number of carbonyl (C=O) groups is 1. The zero-order valence-electron chi connectivity index (χ0n) is 14.6. The largest absolute Gasteiger partial charge is 0.348 e. The first-order valence-corrected chi connectivity index (χ1v) is 9.01. The molecule has 0 aliphatic rings. The molecule has 1 heterocycles. The van der Waals surface area contributed by atoms with Crippen molar-refractivity contribution in [2.45, 2.75) is 45.2 Å². The molecule has 0 atom stereocenters. The third kappa shape index (κ3) is 4.12. The Labute approximate surface area is 146 Å². The molecular weight excluding hydrogens is 325 g/mol. The predicted molar refractivity (Wildman–Crippen MR) is 94.9 cm³/mol. The van der Waals surface area contributed by atoms with Crippen LogP contribution in [0.15, 0.2) is 23.2 Å². The summed E-state index contributed by atoms with van der Waals surface area (Å²) in [6.07, 6.45) is 1.89. The van der Waals surface area contributed by atoms with Crippen molar-refractivity contribution in [3.63, 3.8) is 0 Å². The van der Waals surface area contributed by atoms with Crippen LogP contribution in [0.4, 0.5) is 4.39 Å². The Balaban J connectivity index is 2.21. The lowest BCUT2D eigenvalue weighted by Gasteiger charge is -2.13. The standard InChI is InChI=1S/C18H22FN3OS/c1-10(2)16-21-12(4)15(18(22-16)24-5)17(23)20-9-13-6-7-14(19)11(3)8-13/h6-8,10H,9H2,1-5H3,(H,20,23). The minimum atomic E-state index is -0.247. The lowest BCUT2D eigenvalue weighted by Crippen LogP contribution is -2.25. The quantitative estimate of drug-likeness (QED) is 0.656. The van der Waals surface area contributed by atoms with Crippen LogP contribution in [0.25, 0.3) is 0 Å². The average molecular weight is 347 g/mol. The van der Waals surface area contributed by atoms with Crippen molar-refractivity contribution < 1.29 is 9.18 Å². The highest BCUT2D eigenvalue weighted by molar-refractivity contribution is 7.98. The Hall–Kier alpha value is -1.95. The predicted octanol–water partition coefficient (Wildman–Crippen LogP) is 4.01. The smallest absolute Gasteiger partial charge is 0.256 e. The van der Waals surface area contributed by atoms with Crippen molar-refractivity contribution in [2.75, 3.05) is 6.26 Å². The third-order valence-corrected chi connectivity index (χ3v) is 4.37. The van der Waals surface area contributed by atoms with Gasteiger partial charge >= 0.3 is 0 Å². The first-order chi connectivity index (χ1) is 11.3. The number of aryl methyl sites for hydroxylation is 2. The summed E-state index contributed by atoms with van der Waals surface area (Å²) in [6, 6.07) is 4.82. The minimum Gasteiger partial charge on any atom is -0.348 e. The summed E-state index contributed by atoms with van der Waals surface area (Å²) in [4.78, 5) is 21.5. The van der Waals surface area contributed by atoms with Crippen LogP contribution in [0, 0.1) is 19.7 Å². The van der Waals surface area contributed by atoms with Gasteiger partial charge in [-0.2, -0.15) is 0 Å². The second-order valence-corrected chi connectivity index (χ2v) is 6.77. The molecule has 0 radical (unpaired) electrons. The molecule has 0 unspecified atom stereocenters. The van der Waals surface area contributed by atoms with Crippen molar-refractivity contribution in [3.05, 3.63) is 52.2 Å². The SMILES string of the molecule is CSc1nc(C(C)C)nc(C)c1C(=O)NCc1ccc(F)c(C)c1. The summed E-state index contributed by atoms with van der Waals surface area (Å²) in [6.45, 7) is 7.91. The fourth-order valence-electron chi connectivity index (χ4n) is 2.32. The fraction of sp³-hybridized carbons (Fsp3) is 0.389. The lowest BCUT2D eigenvalue weighted by molar-refractivity contribution is 0.0946. The molecule has 1 N–H and O–H groups in total. The Bertz CT molecular complexity index is 762. The molecule has 1 aromatic carbocycles. The summed E-state index contributed by atoms with van der Waals surface area (Å²) in [5, 5.41) is 3.55. The number of thioether (sulfide) groups is 1. The topological polar surface area (TPSA) is 54.9 Å². The molecular formula is C18H22FN3OS. The molecule has 128 valence electrons. The zero-order chi connectivity index (χ0) is 17.9. The van der Waals surface area contributed by atoms with Gasteiger partial charge in [-0.25, -0.2) is 14.4 Å². The Kier molecular flexibility index (Phi) is 5.94. The highest BCUT2D eigenvalue weighted by Gasteiger charge is 2.19. The Morgan fingerprint density at radius 2 is 2.00 bits per heavy atom. The summed E-state index contributed by atoms with van der Waals surface area (Å²) in [5.74, 6) is 0.480. The maximum atomic E-state index is 13.3. The molecule has 0 aliphatic carbocycles. The van der Waals surface area contributed by atoms with E-state index in [4.69, 9.17) is 0 Å². The normalized spacial score (nSPS) is 11.0. The minimum absolute atomic E-state index is 0.203. The number of nitrogens with zero attached hydrogens (tertiary/aromatic N) is 2. The fourth-order valence-corrected chi connectivity index (χ4v) is 2.95. The van der Waals surface area contributed by atoms with Crippen molar-refractivity contribution in [1.29, 1.82) is 0 Å². The van der Waals surface area contributed by atoms with Crippen LogP contribution < -0.4 is 5.32 Å². The number of aromatic nitrogens is 2. The molecule has 4 nitrogen and oxygen atoms in total. The van der Waals surface area contributed by atoms with E-state index >= 15 is 0 Å². The van der Waals surface area contributed by atoms with Crippen LogP contribution in [-0.2, 0) is 6.54 Å². The highest BCUT2D eigenvalue weighted by Crippen LogP contribution is 2.23. The van der Waals surface area contributed by atoms with E-state index in [0.29, 0.717) is 28.4 Å². The summed E-state index contributed by atoms with van der Waals surface area (Å²) < 4.78 is 13.3. The first-order valence-electron chi connectivity index (χ1n) is 7.79. The lowest BCUT2D eigenvalue weighted by atomic mass is 10.1. The number of halogens is 1. The van der Waals surface area contributed by atoms with Gasteiger partial charge < -0.3 is 5.32 Å². The average Bonchev–Trinajstić information content (AvgIpc) is 2.54. The molecule has 2 aromatic rings. The molecule has 24 heavy (non-hydrogen) atoms. The van der Waals surface area contributed by atoms with Gasteiger partial charge in [-0.05, 0) is 37.3 Å². The Morgan fingerprint density at radius 1 is 1.29 bits per heavy atom. The maximum absolute atomic E-state index is 13.3. The van der Waals surface area contributed by atoms with E-state index in [1.807, 2.05) is 27.0 Å². The second kappa shape index (κ2) is 7.75. The van der Waals surface area contributed by atoms with Crippen molar-refractivity contribution in [3.8, 4) is 0 Å². The molecule has 0 saturated heterocycles. The molecule has 0 fully saturated rings. The van der Waals surface area contributed by atoms with E-state index in [1.54, 1.807) is 19.1 Å². The van der Waals surface area contributed by atoms with Gasteiger partial charge in [-0.1, -0.05) is 26.0 Å². The second-order valence-electron chi connectivity index (χ2n) is 5.97. The van der Waals surface area contributed by atoms with E-state index in [0.717, 1.165) is 11.4 Å². The van der Waals surface area contributed by atoms with Crippen LogP contribution in [0.5, 0.6) is 0 Å². The van der Waals surface area contributed by atoms with E-state index in [1.165, 1.54) is 17.8 Å².